The number of hydrogen-bond donors (Lipinski definition) is 1. The first kappa shape index (κ1) is 17.2. The summed E-state index contributed by atoms with van der Waals surface area (Å²) in [6, 6.07) is 8.44. The topological polar surface area (TPSA) is 88.8 Å². The van der Waals surface area contributed by atoms with Gasteiger partial charge >= 0.3 is 0 Å². The Hall–Kier alpha value is -2.67. The highest BCUT2D eigenvalue weighted by molar-refractivity contribution is 6.08. The van der Waals surface area contributed by atoms with Crippen molar-refractivity contribution in [3.63, 3.8) is 0 Å². The number of nitrogens with two attached hydrogens (primary N) is 1. The molecule has 25 heavy (non-hydrogen) atoms. The van der Waals surface area contributed by atoms with Crippen LogP contribution in [0.5, 0.6) is 0 Å². The molecule has 0 unspecified atom stereocenters. The summed E-state index contributed by atoms with van der Waals surface area (Å²) in [4.78, 5) is 33.1. The second-order valence-electron chi connectivity index (χ2n) is 6.36. The molecule has 7 heteroatoms. The molecule has 2 heterocycles. The first-order chi connectivity index (χ1) is 11.9. The molecule has 0 saturated carbocycles. The molecular formula is C18H22N4O3. The number of primary amides is 1. The number of amides is 2. The summed E-state index contributed by atoms with van der Waals surface area (Å²) in [6.07, 6.45) is -0.434. The molecule has 1 aromatic carbocycles. The Balaban J connectivity index is 2.11. The number of hydrogen-bond acceptors (Lipinski definition) is 5. The lowest BCUT2D eigenvalue weighted by Crippen LogP contribution is -2.58. The predicted octanol–water partition coefficient (Wildman–Crippen LogP) is 1.02. The molecule has 1 aromatic heterocycles. The van der Waals surface area contributed by atoms with E-state index in [1.165, 1.54) is 4.90 Å². The molecule has 2 amide bonds. The molecule has 1 aliphatic heterocycles. The summed E-state index contributed by atoms with van der Waals surface area (Å²) in [5.74, 6) is -0.119. The van der Waals surface area contributed by atoms with Gasteiger partial charge in [-0.2, -0.15) is 0 Å². The van der Waals surface area contributed by atoms with E-state index < -0.39 is 18.1 Å². The summed E-state index contributed by atoms with van der Waals surface area (Å²) in [7, 11) is 3.74. The largest absolute Gasteiger partial charge is 0.374 e. The van der Waals surface area contributed by atoms with Crippen LogP contribution in [0.25, 0.3) is 10.9 Å². The van der Waals surface area contributed by atoms with Crippen LogP contribution >= 0.6 is 0 Å². The van der Waals surface area contributed by atoms with Crippen LogP contribution < -0.4 is 10.6 Å². The van der Waals surface area contributed by atoms with Crippen molar-refractivity contribution >= 4 is 28.5 Å². The average molecular weight is 342 g/mol. The van der Waals surface area contributed by atoms with Crippen LogP contribution in [0.3, 0.4) is 0 Å². The second kappa shape index (κ2) is 6.68. The Morgan fingerprint density at radius 3 is 2.72 bits per heavy atom. The minimum atomic E-state index is -0.781. The van der Waals surface area contributed by atoms with Gasteiger partial charge < -0.3 is 20.3 Å². The van der Waals surface area contributed by atoms with Gasteiger partial charge in [-0.3, -0.25) is 9.59 Å². The first-order valence-electron chi connectivity index (χ1n) is 8.19. The molecule has 7 nitrogen and oxygen atoms in total. The van der Waals surface area contributed by atoms with Crippen LogP contribution in [-0.4, -0.2) is 61.1 Å². The number of benzene rings is 1. The highest BCUT2D eigenvalue weighted by Gasteiger charge is 2.37. The summed E-state index contributed by atoms with van der Waals surface area (Å²) in [5.41, 5.74) is 6.76. The number of aromatic nitrogens is 1. The Morgan fingerprint density at radius 2 is 2.04 bits per heavy atom. The van der Waals surface area contributed by atoms with Crippen molar-refractivity contribution in [1.29, 1.82) is 0 Å². The summed E-state index contributed by atoms with van der Waals surface area (Å²) >= 11 is 0. The van der Waals surface area contributed by atoms with Gasteiger partial charge in [0, 0.05) is 26.0 Å². The SMILES string of the molecule is C[C@H]1OCCN(C(=O)c2cc(N(C)C)nc3ccccc23)[C@@H]1C(N)=O. The molecular weight excluding hydrogens is 320 g/mol. The Morgan fingerprint density at radius 1 is 1.32 bits per heavy atom. The quantitative estimate of drug-likeness (QED) is 0.899. The van der Waals surface area contributed by atoms with Crippen LogP contribution in [0, 0.1) is 0 Å². The maximum absolute atomic E-state index is 13.3. The molecule has 0 radical (unpaired) electrons. The number of carbonyl (C=O) groups excluding carboxylic acids is 2. The van der Waals surface area contributed by atoms with E-state index in [0.29, 0.717) is 24.5 Å². The van der Waals surface area contributed by atoms with Gasteiger partial charge in [0.15, 0.2) is 0 Å². The van der Waals surface area contributed by atoms with E-state index in [9.17, 15) is 9.59 Å². The van der Waals surface area contributed by atoms with Crippen molar-refractivity contribution in [3.8, 4) is 0 Å². The van der Waals surface area contributed by atoms with E-state index in [1.807, 2.05) is 43.3 Å². The van der Waals surface area contributed by atoms with Crippen LogP contribution in [0.1, 0.15) is 17.3 Å². The Labute approximate surface area is 146 Å². The third-order valence-electron chi connectivity index (χ3n) is 4.44. The van der Waals surface area contributed by atoms with Crippen LogP contribution in [-0.2, 0) is 9.53 Å². The van der Waals surface area contributed by atoms with E-state index in [0.717, 1.165) is 10.9 Å². The van der Waals surface area contributed by atoms with Crippen molar-refractivity contribution in [1.82, 2.24) is 9.88 Å². The van der Waals surface area contributed by atoms with Gasteiger partial charge in [0.25, 0.3) is 5.91 Å². The third kappa shape index (κ3) is 3.15. The zero-order valence-corrected chi connectivity index (χ0v) is 14.6. The highest BCUT2D eigenvalue weighted by Crippen LogP contribution is 2.25. The molecule has 2 atom stereocenters. The number of fused-ring (bicyclic) bond motifs is 1. The van der Waals surface area contributed by atoms with Crippen LogP contribution in [0.4, 0.5) is 5.82 Å². The van der Waals surface area contributed by atoms with E-state index in [2.05, 4.69) is 4.98 Å². The molecule has 0 spiro atoms. The molecule has 2 aromatic rings. The molecule has 1 saturated heterocycles. The number of pyridine rings is 1. The van der Waals surface area contributed by atoms with Crippen molar-refractivity contribution in [3.05, 3.63) is 35.9 Å². The fourth-order valence-corrected chi connectivity index (χ4v) is 3.16. The lowest BCUT2D eigenvalue weighted by atomic mass is 10.0. The van der Waals surface area contributed by atoms with E-state index >= 15 is 0 Å². The van der Waals surface area contributed by atoms with Gasteiger partial charge in [0.05, 0.1) is 23.8 Å². The number of ether oxygens (including phenoxy) is 1. The number of carbonyl (C=O) groups is 2. The normalized spacial score (nSPS) is 20.5. The van der Waals surface area contributed by atoms with Crippen molar-refractivity contribution < 1.29 is 14.3 Å². The van der Waals surface area contributed by atoms with Gasteiger partial charge in [-0.05, 0) is 19.1 Å². The molecule has 1 fully saturated rings. The number of anilines is 1. The standard InChI is InChI=1S/C18H22N4O3/c1-11-16(17(19)23)22(8-9-25-11)18(24)13-10-15(21(2)3)20-14-7-5-4-6-12(13)14/h4-7,10-11,16H,8-9H2,1-3H3,(H2,19,23)/t11-,16+/m1/s1. The molecule has 2 N–H and O–H groups in total. The van der Waals surface area contributed by atoms with Gasteiger partial charge in [-0.15, -0.1) is 0 Å². The average Bonchev–Trinajstić information content (AvgIpc) is 2.59. The maximum atomic E-state index is 13.3. The fraction of sp³-hybridized carbons (Fsp3) is 0.389. The molecule has 1 aliphatic rings. The monoisotopic (exact) mass is 342 g/mol. The Kier molecular flexibility index (Phi) is 4.59. The first-order valence-corrected chi connectivity index (χ1v) is 8.19. The number of rotatable bonds is 3. The zero-order chi connectivity index (χ0) is 18.1. The molecule has 0 aliphatic carbocycles. The third-order valence-corrected chi connectivity index (χ3v) is 4.44. The van der Waals surface area contributed by atoms with Crippen molar-refractivity contribution in [2.45, 2.75) is 19.1 Å². The zero-order valence-electron chi connectivity index (χ0n) is 14.6. The lowest BCUT2D eigenvalue weighted by molar-refractivity contribution is -0.132. The summed E-state index contributed by atoms with van der Waals surface area (Å²) < 4.78 is 5.50. The van der Waals surface area contributed by atoms with E-state index in [-0.39, 0.29) is 5.91 Å². The smallest absolute Gasteiger partial charge is 0.255 e. The molecule has 0 bridgehead atoms. The second-order valence-corrected chi connectivity index (χ2v) is 6.36. The minimum Gasteiger partial charge on any atom is -0.374 e. The van der Waals surface area contributed by atoms with E-state index in [4.69, 9.17) is 10.5 Å². The molecule has 3 rings (SSSR count). The van der Waals surface area contributed by atoms with Gasteiger partial charge in [-0.1, -0.05) is 18.2 Å². The van der Waals surface area contributed by atoms with E-state index in [1.54, 1.807) is 13.0 Å². The number of nitrogens with zero attached hydrogens (tertiary/aromatic N) is 3. The Bertz CT molecular complexity index is 821. The number of morpholine rings is 1. The predicted molar refractivity (Wildman–Crippen MR) is 95.5 cm³/mol. The number of para-hydroxylation sites is 1. The van der Waals surface area contributed by atoms with Gasteiger partial charge in [0.2, 0.25) is 5.91 Å². The minimum absolute atomic E-state index is 0.236. The van der Waals surface area contributed by atoms with Gasteiger partial charge in [-0.25, -0.2) is 4.98 Å². The lowest BCUT2D eigenvalue weighted by Gasteiger charge is -2.38. The maximum Gasteiger partial charge on any atom is 0.255 e. The van der Waals surface area contributed by atoms with Gasteiger partial charge in [0.1, 0.15) is 11.9 Å². The summed E-state index contributed by atoms with van der Waals surface area (Å²) in [6.45, 7) is 2.45. The molecule has 132 valence electrons. The van der Waals surface area contributed by atoms with Crippen molar-refractivity contribution in [2.75, 3.05) is 32.1 Å². The fourth-order valence-electron chi connectivity index (χ4n) is 3.16. The van der Waals surface area contributed by atoms with Crippen LogP contribution in [0.15, 0.2) is 30.3 Å². The van der Waals surface area contributed by atoms with Crippen molar-refractivity contribution in [2.24, 2.45) is 5.73 Å². The highest BCUT2D eigenvalue weighted by atomic mass is 16.5. The van der Waals surface area contributed by atoms with Crippen LogP contribution in [0.2, 0.25) is 0 Å². The summed E-state index contributed by atoms with van der Waals surface area (Å²) in [5, 5.41) is 0.750.